The van der Waals surface area contributed by atoms with Crippen molar-refractivity contribution >= 4 is 21.7 Å². The Labute approximate surface area is 166 Å². The van der Waals surface area contributed by atoms with Gasteiger partial charge in [-0.15, -0.1) is 0 Å². The molecule has 4 saturated carbocycles. The highest BCUT2D eigenvalue weighted by Crippen LogP contribution is 2.61. The molecule has 0 spiro atoms. The molecule has 28 heavy (non-hydrogen) atoms. The third-order valence-electron chi connectivity index (χ3n) is 7.22. The lowest BCUT2D eigenvalue weighted by atomic mass is 9.48. The smallest absolute Gasteiger partial charge is 0.312 e. The lowest BCUT2D eigenvalue weighted by molar-refractivity contribution is -0.197. The standard InChI is InChI=1S/C20H31NO6S/c1-2-4-21(16-3-5-28(25,26)12-16)17(22)11-27-18(23)19-7-14-6-15(8-19)10-20(24,9-14)13-19/h14-16,24H,2-13H2,1H3/t14-,15+,16-,19?,20?/m0/s1. The molecule has 5 atom stereocenters. The van der Waals surface area contributed by atoms with Crippen molar-refractivity contribution in [2.75, 3.05) is 24.7 Å². The van der Waals surface area contributed by atoms with E-state index in [1.807, 2.05) is 6.92 Å². The SMILES string of the molecule is CCCN(C(=O)COC(=O)C12C[C@@H]3C[C@@H](CC(O)(C3)C1)C2)[C@H]1CCS(=O)(=O)C1. The van der Waals surface area contributed by atoms with Crippen LogP contribution in [-0.4, -0.2) is 66.6 Å². The summed E-state index contributed by atoms with van der Waals surface area (Å²) in [6.07, 6.45) is 5.74. The Morgan fingerprint density at radius 3 is 2.39 bits per heavy atom. The summed E-state index contributed by atoms with van der Waals surface area (Å²) in [5.41, 5.74) is -1.40. The van der Waals surface area contributed by atoms with Crippen LogP contribution in [0.3, 0.4) is 0 Å². The minimum absolute atomic E-state index is 0.00693. The highest BCUT2D eigenvalue weighted by atomic mass is 32.2. The van der Waals surface area contributed by atoms with Crippen molar-refractivity contribution in [3.05, 3.63) is 0 Å². The lowest BCUT2D eigenvalue weighted by Crippen LogP contribution is -2.58. The number of hydrogen-bond acceptors (Lipinski definition) is 6. The van der Waals surface area contributed by atoms with Crippen LogP contribution in [0.1, 0.15) is 58.3 Å². The Kier molecular flexibility index (Phi) is 5.01. The molecule has 7 nitrogen and oxygen atoms in total. The lowest BCUT2D eigenvalue weighted by Gasteiger charge is -2.58. The number of nitrogens with zero attached hydrogens (tertiary/aromatic N) is 1. The van der Waals surface area contributed by atoms with Crippen LogP contribution in [0.2, 0.25) is 0 Å². The van der Waals surface area contributed by atoms with Crippen LogP contribution in [0.4, 0.5) is 0 Å². The molecule has 5 fully saturated rings. The van der Waals surface area contributed by atoms with E-state index in [0.717, 1.165) is 38.5 Å². The van der Waals surface area contributed by atoms with Crippen LogP contribution in [0.25, 0.3) is 0 Å². The second-order valence-electron chi connectivity index (χ2n) is 9.69. The van der Waals surface area contributed by atoms with E-state index in [4.69, 9.17) is 4.74 Å². The van der Waals surface area contributed by atoms with Crippen LogP contribution in [0, 0.1) is 17.3 Å². The number of carbonyl (C=O) groups is 2. The highest BCUT2D eigenvalue weighted by molar-refractivity contribution is 7.91. The molecule has 8 heteroatoms. The Balaban J connectivity index is 1.39. The fraction of sp³-hybridized carbons (Fsp3) is 0.900. The predicted molar refractivity (Wildman–Crippen MR) is 102 cm³/mol. The summed E-state index contributed by atoms with van der Waals surface area (Å²) in [6.45, 7) is 2.06. The van der Waals surface area contributed by atoms with Crippen molar-refractivity contribution in [3.8, 4) is 0 Å². The maximum Gasteiger partial charge on any atom is 0.312 e. The number of esters is 1. The Bertz CT molecular complexity index is 749. The molecule has 0 aromatic carbocycles. The van der Waals surface area contributed by atoms with Crippen LogP contribution < -0.4 is 0 Å². The summed E-state index contributed by atoms with van der Waals surface area (Å²) in [7, 11) is -3.09. The summed E-state index contributed by atoms with van der Waals surface area (Å²) in [5.74, 6) is 0.164. The van der Waals surface area contributed by atoms with Crippen molar-refractivity contribution in [2.24, 2.45) is 17.3 Å². The van der Waals surface area contributed by atoms with Gasteiger partial charge in [0.2, 0.25) is 0 Å². The predicted octanol–water partition coefficient (Wildman–Crippen LogP) is 1.29. The molecule has 0 aromatic heterocycles. The number of carbonyl (C=O) groups excluding carboxylic acids is 2. The highest BCUT2D eigenvalue weighted by Gasteiger charge is 2.61. The third kappa shape index (κ3) is 3.70. The molecule has 4 bridgehead atoms. The first-order chi connectivity index (χ1) is 13.1. The average molecular weight is 414 g/mol. The number of hydrogen-bond donors (Lipinski definition) is 1. The Morgan fingerprint density at radius 1 is 1.18 bits per heavy atom. The van der Waals surface area contributed by atoms with Gasteiger partial charge < -0.3 is 14.7 Å². The van der Waals surface area contributed by atoms with Crippen LogP contribution in [0.15, 0.2) is 0 Å². The van der Waals surface area contributed by atoms with Crippen molar-refractivity contribution in [1.29, 1.82) is 0 Å². The number of aliphatic hydroxyl groups is 1. The Morgan fingerprint density at radius 2 is 1.86 bits per heavy atom. The quantitative estimate of drug-likeness (QED) is 0.659. The van der Waals surface area contributed by atoms with Gasteiger partial charge in [0.25, 0.3) is 5.91 Å². The largest absolute Gasteiger partial charge is 0.455 e. The summed E-state index contributed by atoms with van der Waals surface area (Å²) >= 11 is 0. The van der Waals surface area contributed by atoms with Crippen molar-refractivity contribution in [2.45, 2.75) is 69.9 Å². The fourth-order valence-electron chi connectivity index (χ4n) is 6.59. The van der Waals surface area contributed by atoms with E-state index < -0.39 is 20.9 Å². The molecule has 1 N–H and O–H groups in total. The van der Waals surface area contributed by atoms with Gasteiger partial charge in [-0.2, -0.15) is 0 Å². The van der Waals surface area contributed by atoms with E-state index in [-0.39, 0.29) is 36.0 Å². The molecule has 1 heterocycles. The first-order valence-corrected chi connectivity index (χ1v) is 12.4. The summed E-state index contributed by atoms with van der Waals surface area (Å²) < 4.78 is 29.0. The topological polar surface area (TPSA) is 101 Å². The second kappa shape index (κ2) is 6.97. The zero-order chi connectivity index (χ0) is 20.2. The molecule has 1 amide bonds. The van der Waals surface area contributed by atoms with Crippen LogP contribution in [-0.2, 0) is 24.2 Å². The summed E-state index contributed by atoms with van der Waals surface area (Å²) in [6, 6.07) is -0.323. The van der Waals surface area contributed by atoms with Gasteiger partial charge >= 0.3 is 5.97 Å². The molecular weight excluding hydrogens is 382 g/mol. The van der Waals surface area contributed by atoms with Gasteiger partial charge in [0.05, 0.1) is 22.5 Å². The van der Waals surface area contributed by atoms with Gasteiger partial charge in [-0.25, -0.2) is 8.42 Å². The summed E-state index contributed by atoms with van der Waals surface area (Å²) in [4.78, 5) is 27.3. The monoisotopic (exact) mass is 413 g/mol. The minimum Gasteiger partial charge on any atom is -0.455 e. The number of sulfone groups is 1. The molecule has 1 saturated heterocycles. The van der Waals surface area contributed by atoms with Gasteiger partial charge in [-0.05, 0) is 63.2 Å². The zero-order valence-electron chi connectivity index (χ0n) is 16.6. The van der Waals surface area contributed by atoms with Crippen molar-refractivity contribution < 1.29 is 27.9 Å². The van der Waals surface area contributed by atoms with Crippen LogP contribution >= 0.6 is 0 Å². The van der Waals surface area contributed by atoms with Gasteiger partial charge in [0.1, 0.15) is 0 Å². The molecule has 1 aliphatic heterocycles. The third-order valence-corrected chi connectivity index (χ3v) is 8.97. The van der Waals surface area contributed by atoms with E-state index in [2.05, 4.69) is 0 Å². The van der Waals surface area contributed by atoms with Crippen LogP contribution in [0.5, 0.6) is 0 Å². The average Bonchev–Trinajstić information content (AvgIpc) is 2.94. The second-order valence-corrected chi connectivity index (χ2v) is 11.9. The van der Waals surface area contributed by atoms with E-state index in [1.54, 1.807) is 4.90 Å². The van der Waals surface area contributed by atoms with Gasteiger partial charge in [0.15, 0.2) is 16.4 Å². The molecule has 0 radical (unpaired) electrons. The zero-order valence-corrected chi connectivity index (χ0v) is 17.4. The van der Waals surface area contributed by atoms with E-state index in [9.17, 15) is 23.1 Å². The van der Waals surface area contributed by atoms with E-state index >= 15 is 0 Å². The van der Waals surface area contributed by atoms with Crippen molar-refractivity contribution in [1.82, 2.24) is 4.90 Å². The van der Waals surface area contributed by atoms with E-state index in [1.165, 1.54) is 0 Å². The number of rotatable bonds is 6. The van der Waals surface area contributed by atoms with Gasteiger partial charge in [-0.3, -0.25) is 9.59 Å². The maximum atomic E-state index is 12.9. The molecule has 5 aliphatic rings. The summed E-state index contributed by atoms with van der Waals surface area (Å²) in [5, 5.41) is 10.8. The molecule has 2 unspecified atom stereocenters. The maximum absolute atomic E-state index is 12.9. The molecule has 0 aromatic rings. The fourth-order valence-corrected chi connectivity index (χ4v) is 8.32. The first kappa shape index (κ1) is 20.1. The number of amides is 1. The van der Waals surface area contributed by atoms with E-state index in [0.29, 0.717) is 31.2 Å². The van der Waals surface area contributed by atoms with Gasteiger partial charge in [-0.1, -0.05) is 6.92 Å². The normalized spacial score (nSPS) is 40.4. The molecule has 5 rings (SSSR count). The van der Waals surface area contributed by atoms with Crippen molar-refractivity contribution in [3.63, 3.8) is 0 Å². The molecule has 158 valence electrons. The first-order valence-electron chi connectivity index (χ1n) is 10.5. The molecule has 4 aliphatic carbocycles. The van der Waals surface area contributed by atoms with Gasteiger partial charge in [0, 0.05) is 12.6 Å². The Hall–Kier alpha value is -1.15. The number of ether oxygens (including phenoxy) is 1. The minimum atomic E-state index is -3.09. The molecular formula is C20H31NO6S.